The van der Waals surface area contributed by atoms with Gasteiger partial charge in [0, 0.05) is 5.75 Å². The van der Waals surface area contributed by atoms with Crippen molar-refractivity contribution in [2.75, 3.05) is 9.44 Å². The molecule has 0 spiro atoms. The summed E-state index contributed by atoms with van der Waals surface area (Å²) >= 11 is 10.7. The number of nitrogens with one attached hydrogen (secondary N) is 2. The number of halogens is 2. The third kappa shape index (κ3) is 5.98. The number of hydrogen-bond acceptors (Lipinski definition) is 7. The van der Waals surface area contributed by atoms with Gasteiger partial charge in [-0.05, 0) is 41.3 Å². The molecule has 0 radical (unpaired) electrons. The Morgan fingerprint density at radius 1 is 0.903 bits per heavy atom. The van der Waals surface area contributed by atoms with Gasteiger partial charge in [-0.1, -0.05) is 52.5 Å². The van der Waals surface area contributed by atoms with Crippen molar-refractivity contribution in [3.63, 3.8) is 0 Å². The van der Waals surface area contributed by atoms with Crippen LogP contribution in [0.1, 0.15) is 5.56 Å². The summed E-state index contributed by atoms with van der Waals surface area (Å²) in [4.78, 5) is -0.161. The van der Waals surface area contributed by atoms with E-state index in [4.69, 9.17) is 23.2 Å². The van der Waals surface area contributed by atoms with Crippen molar-refractivity contribution in [3.05, 3.63) is 69.5 Å². The van der Waals surface area contributed by atoms with Crippen molar-refractivity contribution in [3.8, 4) is 0 Å². The summed E-state index contributed by atoms with van der Waals surface area (Å²) in [6.07, 6.45) is 0. The van der Waals surface area contributed by atoms with Crippen LogP contribution < -0.4 is 9.44 Å². The lowest BCUT2D eigenvalue weighted by Gasteiger charge is -2.15. The first-order chi connectivity index (χ1) is 14.5. The molecule has 0 aliphatic rings. The molecule has 1 aromatic heterocycles. The summed E-state index contributed by atoms with van der Waals surface area (Å²) in [5.74, 6) is -0.255. The highest BCUT2D eigenvalue weighted by molar-refractivity contribution is 7.94. The standard InChI is InChI=1S/C17H14Cl2N2O6S4/c18-13-8-15(16(9-14(13)19)21-31(26,27)17-2-1-7-28-17)20-30(24,25)12-5-3-11(4-6-12)10-29(22)23/h1-9,20-21H,10H2,(H,22,23)/p-1. The minimum absolute atomic E-state index is 0.00621. The van der Waals surface area contributed by atoms with Crippen molar-refractivity contribution in [1.29, 1.82) is 0 Å². The molecule has 0 saturated heterocycles. The fourth-order valence-electron chi connectivity index (χ4n) is 2.43. The normalized spacial score (nSPS) is 13.0. The summed E-state index contributed by atoms with van der Waals surface area (Å²) < 4.78 is 76.9. The van der Waals surface area contributed by atoms with Crippen LogP contribution in [-0.4, -0.2) is 25.6 Å². The van der Waals surface area contributed by atoms with E-state index in [1.54, 1.807) is 11.4 Å². The average Bonchev–Trinajstić information content (AvgIpc) is 3.21. The summed E-state index contributed by atoms with van der Waals surface area (Å²) in [5, 5.41) is 1.61. The topological polar surface area (TPSA) is 132 Å². The van der Waals surface area contributed by atoms with Crippen LogP contribution in [0.15, 0.2) is 63.0 Å². The molecular formula is C17H13Cl2N2O6S4-. The summed E-state index contributed by atoms with van der Waals surface area (Å²) in [5.41, 5.74) is 0.148. The predicted octanol–water partition coefficient (Wildman–Crippen LogP) is 4.04. The van der Waals surface area contributed by atoms with E-state index in [0.717, 1.165) is 11.3 Å². The lowest BCUT2D eigenvalue weighted by Crippen LogP contribution is -2.17. The van der Waals surface area contributed by atoms with Crippen LogP contribution in [0.2, 0.25) is 10.0 Å². The molecule has 8 nitrogen and oxygen atoms in total. The van der Waals surface area contributed by atoms with Crippen LogP contribution in [-0.2, 0) is 36.9 Å². The van der Waals surface area contributed by atoms with Gasteiger partial charge in [-0.2, -0.15) is 0 Å². The maximum Gasteiger partial charge on any atom is 0.271 e. The van der Waals surface area contributed by atoms with E-state index in [1.165, 1.54) is 42.5 Å². The molecule has 166 valence electrons. The second-order valence-electron chi connectivity index (χ2n) is 6.05. The first-order valence-corrected chi connectivity index (χ1v) is 14.1. The van der Waals surface area contributed by atoms with Crippen LogP contribution in [0, 0.1) is 0 Å². The van der Waals surface area contributed by atoms with Gasteiger partial charge in [0.05, 0.1) is 26.3 Å². The first-order valence-electron chi connectivity index (χ1n) is 8.21. The molecule has 3 aromatic rings. The molecule has 0 aliphatic carbocycles. The van der Waals surface area contributed by atoms with Gasteiger partial charge in [0.2, 0.25) is 0 Å². The zero-order valence-corrected chi connectivity index (χ0v) is 20.0. The fourth-order valence-corrected chi connectivity index (χ4v) is 6.36. The van der Waals surface area contributed by atoms with Gasteiger partial charge in [0.15, 0.2) is 0 Å². The van der Waals surface area contributed by atoms with Gasteiger partial charge >= 0.3 is 0 Å². The van der Waals surface area contributed by atoms with E-state index >= 15 is 0 Å². The highest BCUT2D eigenvalue weighted by Gasteiger charge is 2.22. The number of anilines is 2. The lowest BCUT2D eigenvalue weighted by atomic mass is 10.2. The quantitative estimate of drug-likeness (QED) is 0.415. The Balaban J connectivity index is 1.95. The molecule has 3 rings (SSSR count). The first kappa shape index (κ1) is 24.0. The van der Waals surface area contributed by atoms with Crippen molar-refractivity contribution in [2.24, 2.45) is 0 Å². The van der Waals surface area contributed by atoms with Crippen molar-refractivity contribution >= 4 is 77.0 Å². The predicted molar refractivity (Wildman–Crippen MR) is 121 cm³/mol. The highest BCUT2D eigenvalue weighted by atomic mass is 35.5. The Kier molecular flexibility index (Phi) is 7.31. The Morgan fingerprint density at radius 2 is 1.45 bits per heavy atom. The third-order valence-corrected chi connectivity index (χ3v) is 9.26. The number of rotatable bonds is 8. The molecule has 1 heterocycles. The molecule has 14 heteroatoms. The molecule has 2 N–H and O–H groups in total. The van der Waals surface area contributed by atoms with Crippen molar-refractivity contribution < 1.29 is 25.6 Å². The maximum absolute atomic E-state index is 12.8. The summed E-state index contributed by atoms with van der Waals surface area (Å²) in [6.45, 7) is 0. The largest absolute Gasteiger partial charge is 0.772 e. The van der Waals surface area contributed by atoms with E-state index in [0.29, 0.717) is 5.56 Å². The molecule has 0 amide bonds. The van der Waals surface area contributed by atoms with Gasteiger partial charge < -0.3 is 4.55 Å². The third-order valence-electron chi connectivity index (χ3n) is 3.83. The minimum atomic E-state index is -4.16. The Hall–Kier alpha value is -1.67. The van der Waals surface area contributed by atoms with Crippen molar-refractivity contribution in [1.82, 2.24) is 0 Å². The average molecular weight is 540 g/mol. The van der Waals surface area contributed by atoms with Crippen LogP contribution in [0.25, 0.3) is 0 Å². The number of benzene rings is 2. The zero-order valence-electron chi connectivity index (χ0n) is 15.2. The molecule has 0 bridgehead atoms. The highest BCUT2D eigenvalue weighted by Crippen LogP contribution is 2.35. The Bertz CT molecular complexity index is 1330. The molecule has 0 fully saturated rings. The molecule has 2 aromatic carbocycles. The van der Waals surface area contributed by atoms with Crippen LogP contribution >= 0.6 is 34.5 Å². The Labute approximate surface area is 195 Å². The number of sulfonamides is 2. The molecule has 0 saturated carbocycles. The smallest absolute Gasteiger partial charge is 0.271 e. The summed E-state index contributed by atoms with van der Waals surface area (Å²) in [6, 6.07) is 10.5. The fraction of sp³-hybridized carbons (Fsp3) is 0.0588. The van der Waals surface area contributed by atoms with E-state index in [2.05, 4.69) is 9.44 Å². The van der Waals surface area contributed by atoms with Gasteiger partial charge in [0.25, 0.3) is 20.0 Å². The maximum atomic E-state index is 12.8. The van der Waals surface area contributed by atoms with Crippen LogP contribution in [0.5, 0.6) is 0 Å². The van der Waals surface area contributed by atoms with Crippen molar-refractivity contribution in [2.45, 2.75) is 14.9 Å². The minimum Gasteiger partial charge on any atom is -0.772 e. The molecule has 0 aliphatic heterocycles. The molecule has 1 atom stereocenters. The van der Waals surface area contributed by atoms with E-state index in [9.17, 15) is 25.6 Å². The number of thiophene rings is 1. The lowest BCUT2D eigenvalue weighted by molar-refractivity contribution is 0.536. The van der Waals surface area contributed by atoms with E-state index in [1.807, 2.05) is 0 Å². The molecule has 1 unspecified atom stereocenters. The molecular weight excluding hydrogens is 527 g/mol. The van der Waals surface area contributed by atoms with E-state index < -0.39 is 31.1 Å². The van der Waals surface area contributed by atoms with Gasteiger partial charge in [-0.3, -0.25) is 13.7 Å². The van der Waals surface area contributed by atoms with Gasteiger partial charge in [-0.25, -0.2) is 16.8 Å². The second kappa shape index (κ2) is 9.45. The zero-order chi connectivity index (χ0) is 22.8. The monoisotopic (exact) mass is 539 g/mol. The SMILES string of the molecule is O=S([O-])Cc1ccc(S(=O)(=O)Nc2cc(Cl)c(Cl)cc2NS(=O)(=O)c2cccs2)cc1. The summed E-state index contributed by atoms with van der Waals surface area (Å²) in [7, 11) is -8.14. The second-order valence-corrected chi connectivity index (χ2v) is 12.3. The number of hydrogen-bond donors (Lipinski definition) is 2. The van der Waals surface area contributed by atoms with E-state index in [-0.39, 0.29) is 36.3 Å². The van der Waals surface area contributed by atoms with Gasteiger partial charge in [-0.15, -0.1) is 11.3 Å². The van der Waals surface area contributed by atoms with Crippen LogP contribution in [0.4, 0.5) is 11.4 Å². The Morgan fingerprint density at radius 3 is 1.94 bits per heavy atom. The van der Waals surface area contributed by atoms with Crippen LogP contribution in [0.3, 0.4) is 0 Å². The van der Waals surface area contributed by atoms with Gasteiger partial charge in [0.1, 0.15) is 4.21 Å². The molecule has 31 heavy (non-hydrogen) atoms.